The van der Waals surface area contributed by atoms with E-state index in [-0.39, 0.29) is 5.69 Å². The SMILES string of the molecule is NNc1cc(Br)cc([N+](=O)[O-])c1. The summed E-state index contributed by atoms with van der Waals surface area (Å²) in [6.07, 6.45) is 0. The van der Waals surface area contributed by atoms with Crippen LogP contribution in [0.5, 0.6) is 0 Å². The Balaban J connectivity index is 3.15. The average Bonchev–Trinajstić information content (AvgIpc) is 2.03. The van der Waals surface area contributed by atoms with Crippen molar-refractivity contribution in [3.63, 3.8) is 0 Å². The third-order valence-electron chi connectivity index (χ3n) is 1.26. The van der Waals surface area contributed by atoms with Gasteiger partial charge in [-0.1, -0.05) is 15.9 Å². The largest absolute Gasteiger partial charge is 0.324 e. The second-order valence-electron chi connectivity index (χ2n) is 2.10. The van der Waals surface area contributed by atoms with Gasteiger partial charge in [0.15, 0.2) is 0 Å². The molecule has 0 aliphatic carbocycles. The number of anilines is 1. The lowest BCUT2D eigenvalue weighted by Crippen LogP contribution is -2.06. The summed E-state index contributed by atoms with van der Waals surface area (Å²) in [4.78, 5) is 9.86. The van der Waals surface area contributed by atoms with Crippen LogP contribution < -0.4 is 11.3 Å². The number of nitro groups is 1. The summed E-state index contributed by atoms with van der Waals surface area (Å²) < 4.78 is 0.615. The van der Waals surface area contributed by atoms with Crippen molar-refractivity contribution in [3.05, 3.63) is 32.8 Å². The van der Waals surface area contributed by atoms with Crippen LogP contribution in [0.15, 0.2) is 22.7 Å². The van der Waals surface area contributed by atoms with Gasteiger partial charge in [0, 0.05) is 16.6 Å². The number of rotatable bonds is 2. The van der Waals surface area contributed by atoms with Crippen LogP contribution in [0.4, 0.5) is 11.4 Å². The van der Waals surface area contributed by atoms with Crippen LogP contribution in [0.2, 0.25) is 0 Å². The fourth-order valence-corrected chi connectivity index (χ4v) is 1.24. The Hall–Kier alpha value is -1.14. The van der Waals surface area contributed by atoms with Gasteiger partial charge in [0.1, 0.15) is 0 Å². The predicted octanol–water partition coefficient (Wildman–Crippen LogP) is 1.64. The third kappa shape index (κ3) is 1.93. The molecule has 12 heavy (non-hydrogen) atoms. The van der Waals surface area contributed by atoms with E-state index in [0.717, 1.165) is 0 Å². The van der Waals surface area contributed by atoms with Crippen molar-refractivity contribution >= 4 is 27.3 Å². The van der Waals surface area contributed by atoms with Crippen molar-refractivity contribution in [2.45, 2.75) is 0 Å². The number of halogens is 1. The van der Waals surface area contributed by atoms with Crippen molar-refractivity contribution in [3.8, 4) is 0 Å². The molecular weight excluding hydrogens is 226 g/mol. The third-order valence-corrected chi connectivity index (χ3v) is 1.72. The first-order chi connectivity index (χ1) is 5.63. The molecule has 0 amide bonds. The summed E-state index contributed by atoms with van der Waals surface area (Å²) in [5.74, 6) is 5.09. The van der Waals surface area contributed by atoms with Gasteiger partial charge in [-0.3, -0.25) is 16.0 Å². The van der Waals surface area contributed by atoms with Crippen molar-refractivity contribution in [1.82, 2.24) is 0 Å². The lowest BCUT2D eigenvalue weighted by Gasteiger charge is -1.99. The highest BCUT2D eigenvalue weighted by molar-refractivity contribution is 9.10. The lowest BCUT2D eigenvalue weighted by molar-refractivity contribution is -0.384. The molecule has 0 unspecified atom stereocenters. The minimum absolute atomic E-state index is 0.00248. The van der Waals surface area contributed by atoms with E-state index in [4.69, 9.17) is 5.84 Å². The van der Waals surface area contributed by atoms with Crippen molar-refractivity contribution < 1.29 is 4.92 Å². The molecule has 0 spiro atoms. The first-order valence-corrected chi connectivity index (χ1v) is 3.84. The second-order valence-corrected chi connectivity index (χ2v) is 3.02. The molecule has 1 aromatic carbocycles. The molecule has 0 aromatic heterocycles. The number of hydrogen-bond acceptors (Lipinski definition) is 4. The summed E-state index contributed by atoms with van der Waals surface area (Å²) in [7, 11) is 0. The molecule has 0 atom stereocenters. The summed E-state index contributed by atoms with van der Waals surface area (Å²) in [5, 5.41) is 10.3. The monoisotopic (exact) mass is 231 g/mol. The predicted molar refractivity (Wildman–Crippen MR) is 48.6 cm³/mol. The van der Waals surface area contributed by atoms with E-state index in [1.165, 1.54) is 12.1 Å². The summed E-state index contributed by atoms with van der Waals surface area (Å²) in [6, 6.07) is 4.40. The zero-order valence-electron chi connectivity index (χ0n) is 5.95. The molecule has 0 radical (unpaired) electrons. The first kappa shape index (κ1) is 8.95. The van der Waals surface area contributed by atoms with Gasteiger partial charge in [-0.25, -0.2) is 0 Å². The summed E-state index contributed by atoms with van der Waals surface area (Å²) in [6.45, 7) is 0. The van der Waals surface area contributed by atoms with Gasteiger partial charge in [-0.05, 0) is 6.07 Å². The summed E-state index contributed by atoms with van der Waals surface area (Å²) in [5.41, 5.74) is 2.82. The smallest absolute Gasteiger partial charge is 0.272 e. The quantitative estimate of drug-likeness (QED) is 0.461. The number of nitrogens with one attached hydrogen (secondary N) is 1. The molecule has 1 rings (SSSR count). The van der Waals surface area contributed by atoms with Crippen LogP contribution >= 0.6 is 15.9 Å². The Bertz CT molecular complexity index is 316. The van der Waals surface area contributed by atoms with E-state index < -0.39 is 4.92 Å². The van der Waals surface area contributed by atoms with E-state index in [2.05, 4.69) is 21.4 Å². The van der Waals surface area contributed by atoms with E-state index in [1.54, 1.807) is 6.07 Å². The van der Waals surface area contributed by atoms with Crippen molar-refractivity contribution in [1.29, 1.82) is 0 Å². The van der Waals surface area contributed by atoms with Gasteiger partial charge in [-0.15, -0.1) is 0 Å². The molecule has 0 aliphatic heterocycles. The highest BCUT2D eigenvalue weighted by Gasteiger charge is 2.07. The number of nitrogen functional groups attached to an aromatic ring is 1. The van der Waals surface area contributed by atoms with E-state index in [1.807, 2.05) is 0 Å². The molecule has 1 aromatic rings. The van der Waals surface area contributed by atoms with Gasteiger partial charge in [0.25, 0.3) is 5.69 Å². The van der Waals surface area contributed by atoms with Crippen LogP contribution in [0.3, 0.4) is 0 Å². The molecule has 5 nitrogen and oxygen atoms in total. The van der Waals surface area contributed by atoms with Gasteiger partial charge in [0.05, 0.1) is 10.6 Å². The number of nitrogens with two attached hydrogens (primary N) is 1. The maximum absolute atomic E-state index is 10.3. The normalized spacial score (nSPS) is 9.50. The number of nitrogens with zero attached hydrogens (tertiary/aromatic N) is 1. The number of nitro benzene ring substituents is 1. The fourth-order valence-electron chi connectivity index (χ4n) is 0.763. The highest BCUT2D eigenvalue weighted by Crippen LogP contribution is 2.23. The zero-order valence-corrected chi connectivity index (χ0v) is 7.54. The Morgan fingerprint density at radius 2 is 2.17 bits per heavy atom. The number of non-ortho nitro benzene ring substituents is 1. The molecule has 0 fully saturated rings. The molecule has 0 saturated heterocycles. The lowest BCUT2D eigenvalue weighted by atomic mass is 10.3. The number of hydrogen-bond donors (Lipinski definition) is 2. The molecule has 0 bridgehead atoms. The molecule has 6 heteroatoms. The van der Waals surface area contributed by atoms with Gasteiger partial charge >= 0.3 is 0 Å². The van der Waals surface area contributed by atoms with E-state index >= 15 is 0 Å². The van der Waals surface area contributed by atoms with Crippen LogP contribution in [0.1, 0.15) is 0 Å². The van der Waals surface area contributed by atoms with Crippen LogP contribution in [-0.4, -0.2) is 4.92 Å². The maximum atomic E-state index is 10.3. The Morgan fingerprint density at radius 3 is 2.67 bits per heavy atom. The highest BCUT2D eigenvalue weighted by atomic mass is 79.9. The van der Waals surface area contributed by atoms with E-state index in [9.17, 15) is 10.1 Å². The zero-order chi connectivity index (χ0) is 9.14. The molecule has 3 N–H and O–H groups in total. The maximum Gasteiger partial charge on any atom is 0.272 e. The summed E-state index contributed by atoms with van der Waals surface area (Å²) >= 11 is 3.12. The van der Waals surface area contributed by atoms with Crippen LogP contribution in [0, 0.1) is 10.1 Å². The Kier molecular flexibility index (Phi) is 2.61. The van der Waals surface area contributed by atoms with Gasteiger partial charge < -0.3 is 5.43 Å². The van der Waals surface area contributed by atoms with Crippen LogP contribution in [-0.2, 0) is 0 Å². The topological polar surface area (TPSA) is 81.2 Å². The number of hydrazine groups is 1. The minimum Gasteiger partial charge on any atom is -0.324 e. The Labute approximate surface area is 76.8 Å². The molecule has 0 saturated carbocycles. The van der Waals surface area contributed by atoms with Gasteiger partial charge in [-0.2, -0.15) is 0 Å². The molecule has 0 heterocycles. The molecule has 64 valence electrons. The second kappa shape index (κ2) is 3.51. The molecule has 0 aliphatic rings. The molecular formula is C6H6BrN3O2. The van der Waals surface area contributed by atoms with Crippen LogP contribution in [0.25, 0.3) is 0 Å². The van der Waals surface area contributed by atoms with Crippen molar-refractivity contribution in [2.75, 3.05) is 5.43 Å². The fraction of sp³-hybridized carbons (Fsp3) is 0. The Morgan fingerprint density at radius 1 is 1.50 bits per heavy atom. The standard InChI is InChI=1S/C6H6BrN3O2/c7-4-1-5(9-8)3-6(2-4)10(11)12/h1-3,9H,8H2. The van der Waals surface area contributed by atoms with Gasteiger partial charge in [0.2, 0.25) is 0 Å². The average molecular weight is 232 g/mol. The number of benzene rings is 1. The first-order valence-electron chi connectivity index (χ1n) is 3.05. The minimum atomic E-state index is -0.481. The van der Waals surface area contributed by atoms with E-state index in [0.29, 0.717) is 10.2 Å². The van der Waals surface area contributed by atoms with Crippen molar-refractivity contribution in [2.24, 2.45) is 5.84 Å².